The number of aliphatic hydroxyl groups excluding tert-OH is 1. The molecule has 0 saturated carbocycles. The Balaban J connectivity index is 1.50. The molecule has 8 heteroatoms. The van der Waals surface area contributed by atoms with Gasteiger partial charge >= 0.3 is 0 Å². The van der Waals surface area contributed by atoms with E-state index in [-0.39, 0.29) is 12.5 Å². The maximum atomic E-state index is 14.1. The van der Waals surface area contributed by atoms with Crippen molar-refractivity contribution in [2.45, 2.75) is 18.0 Å². The van der Waals surface area contributed by atoms with E-state index in [0.29, 0.717) is 22.5 Å². The Kier molecular flexibility index (Phi) is 7.86. The van der Waals surface area contributed by atoms with Crippen molar-refractivity contribution < 1.29 is 23.1 Å². The molecule has 3 N–H and O–H groups in total. The van der Waals surface area contributed by atoms with Gasteiger partial charge in [-0.05, 0) is 41.5 Å². The number of nitrogens with one attached hydrogen (secondary N) is 2. The second kappa shape index (κ2) is 11.6. The first kappa shape index (κ1) is 26.3. The molecule has 0 saturated heterocycles. The molecule has 4 aromatic rings. The topological polar surface area (TPSA) is 73.7 Å². The summed E-state index contributed by atoms with van der Waals surface area (Å²) < 4.78 is 41.5. The van der Waals surface area contributed by atoms with E-state index in [0.717, 1.165) is 23.3 Å². The highest BCUT2D eigenvalue weighted by Gasteiger charge is 2.30. The normalized spacial score (nSPS) is 16.5. The van der Waals surface area contributed by atoms with Crippen molar-refractivity contribution in [3.63, 3.8) is 0 Å². The van der Waals surface area contributed by atoms with Crippen LogP contribution in [0.4, 0.5) is 18.9 Å². The van der Waals surface area contributed by atoms with Gasteiger partial charge in [0.05, 0.1) is 18.0 Å². The molecule has 198 valence electrons. The Hall–Kier alpha value is -4.27. The predicted molar refractivity (Wildman–Crippen MR) is 144 cm³/mol. The number of amides is 1. The average molecular weight is 530 g/mol. The molecule has 1 amide bonds. The van der Waals surface area contributed by atoms with Crippen LogP contribution in [-0.4, -0.2) is 36.0 Å². The van der Waals surface area contributed by atoms with Gasteiger partial charge in [-0.2, -0.15) is 0 Å². The number of benzene rings is 4. The van der Waals surface area contributed by atoms with Gasteiger partial charge in [0.1, 0.15) is 5.82 Å². The van der Waals surface area contributed by atoms with Gasteiger partial charge in [0.15, 0.2) is 17.8 Å². The van der Waals surface area contributed by atoms with E-state index in [1.807, 2.05) is 48.5 Å². The summed E-state index contributed by atoms with van der Waals surface area (Å²) in [7, 11) is 0. The van der Waals surface area contributed by atoms with E-state index in [9.17, 15) is 23.1 Å². The maximum Gasteiger partial charge on any atom is 0.263 e. The molecule has 0 aliphatic carbocycles. The number of hydrogen-bond donors (Lipinski definition) is 3. The van der Waals surface area contributed by atoms with Crippen LogP contribution in [0.5, 0.6) is 0 Å². The highest BCUT2D eigenvalue weighted by Crippen LogP contribution is 2.34. The van der Waals surface area contributed by atoms with Crippen molar-refractivity contribution >= 4 is 17.3 Å². The van der Waals surface area contributed by atoms with Gasteiger partial charge in [-0.25, -0.2) is 13.2 Å². The number of para-hydroxylation sites is 1. The molecule has 5 nitrogen and oxygen atoms in total. The fourth-order valence-electron chi connectivity index (χ4n) is 4.87. The Bertz CT molecular complexity index is 1490. The Labute approximate surface area is 224 Å². The molecule has 0 fully saturated rings. The molecule has 4 aromatic carbocycles. The molecule has 0 bridgehead atoms. The summed E-state index contributed by atoms with van der Waals surface area (Å²) in [6.07, 6.45) is -1.00. The Morgan fingerprint density at radius 2 is 1.51 bits per heavy atom. The van der Waals surface area contributed by atoms with Crippen molar-refractivity contribution in [2.75, 3.05) is 18.5 Å². The van der Waals surface area contributed by atoms with Crippen LogP contribution >= 0.6 is 0 Å². The summed E-state index contributed by atoms with van der Waals surface area (Å²) >= 11 is 0. The molecular weight excluding hydrogens is 503 g/mol. The zero-order valence-corrected chi connectivity index (χ0v) is 20.8. The number of carbonyl (C=O) groups excluding carboxylic acids is 1. The molecule has 3 atom stereocenters. The molecule has 5 rings (SSSR count). The Morgan fingerprint density at radius 3 is 2.23 bits per heavy atom. The molecule has 0 spiro atoms. The second-order valence-corrected chi connectivity index (χ2v) is 9.31. The number of halogens is 3. The number of benzodiazepines with no additional fused rings is 1. The number of aliphatic imine (C=N–C) groups is 1. The number of fused-ring (bicyclic) bond motifs is 1. The van der Waals surface area contributed by atoms with Crippen molar-refractivity contribution in [3.8, 4) is 0 Å². The van der Waals surface area contributed by atoms with Gasteiger partial charge in [0.2, 0.25) is 0 Å². The molecule has 1 aliphatic rings. The molecule has 0 unspecified atom stereocenters. The predicted octanol–water partition coefficient (Wildman–Crippen LogP) is 5.37. The van der Waals surface area contributed by atoms with Gasteiger partial charge in [0, 0.05) is 29.5 Å². The zero-order valence-electron chi connectivity index (χ0n) is 20.8. The second-order valence-electron chi connectivity index (χ2n) is 9.31. The molecule has 1 heterocycles. The van der Waals surface area contributed by atoms with E-state index < -0.39 is 42.1 Å². The monoisotopic (exact) mass is 529 g/mol. The van der Waals surface area contributed by atoms with Crippen LogP contribution in [0.3, 0.4) is 0 Å². The van der Waals surface area contributed by atoms with Gasteiger partial charge in [-0.3, -0.25) is 15.1 Å². The summed E-state index contributed by atoms with van der Waals surface area (Å²) in [4.78, 5) is 18.1. The van der Waals surface area contributed by atoms with E-state index in [2.05, 4.69) is 10.6 Å². The van der Waals surface area contributed by atoms with Crippen LogP contribution in [0.15, 0.2) is 102 Å². The smallest absolute Gasteiger partial charge is 0.263 e. The first-order valence-electron chi connectivity index (χ1n) is 12.5. The standard InChI is InChI=1S/C31H26F3N3O2/c32-22-13-10-19(11-14-22)24(25(18-38)21-12-15-26(33)27(34)16-21)17-35-30-31(39)36-28-9-5-4-8-23(28)29(37-30)20-6-2-1-3-7-20/h1-16,24-25,30,35,38H,17-18H2,(H,36,39)/t24-,25+,30+/m1/s1. The van der Waals surface area contributed by atoms with Gasteiger partial charge in [0.25, 0.3) is 5.91 Å². The van der Waals surface area contributed by atoms with Crippen molar-refractivity contribution in [3.05, 3.63) is 137 Å². The summed E-state index contributed by atoms with van der Waals surface area (Å²) in [6, 6.07) is 26.1. The number of carbonyl (C=O) groups is 1. The van der Waals surface area contributed by atoms with E-state index in [1.165, 1.54) is 18.2 Å². The number of hydrogen-bond acceptors (Lipinski definition) is 4. The molecule has 0 radical (unpaired) electrons. The number of anilines is 1. The zero-order chi connectivity index (χ0) is 27.4. The van der Waals surface area contributed by atoms with E-state index in [4.69, 9.17) is 4.99 Å². The lowest BCUT2D eigenvalue weighted by atomic mass is 9.81. The molecule has 0 aromatic heterocycles. The minimum absolute atomic E-state index is 0.121. The third kappa shape index (κ3) is 5.77. The molecule has 39 heavy (non-hydrogen) atoms. The lowest BCUT2D eigenvalue weighted by Crippen LogP contribution is -2.42. The molecular formula is C31H26F3N3O2. The largest absolute Gasteiger partial charge is 0.396 e. The summed E-state index contributed by atoms with van der Waals surface area (Å²) in [6.45, 7) is -0.272. The van der Waals surface area contributed by atoms with E-state index in [1.54, 1.807) is 18.2 Å². The summed E-state index contributed by atoms with van der Waals surface area (Å²) in [5, 5.41) is 16.5. The first-order chi connectivity index (χ1) is 18.9. The minimum atomic E-state index is -1.03. The first-order valence-corrected chi connectivity index (χ1v) is 12.5. The van der Waals surface area contributed by atoms with Crippen molar-refractivity contribution in [1.82, 2.24) is 5.32 Å². The van der Waals surface area contributed by atoms with Crippen LogP contribution in [-0.2, 0) is 4.79 Å². The van der Waals surface area contributed by atoms with Crippen molar-refractivity contribution in [2.24, 2.45) is 4.99 Å². The lowest BCUT2D eigenvalue weighted by Gasteiger charge is -2.28. The summed E-state index contributed by atoms with van der Waals surface area (Å²) in [5.74, 6) is -4.05. The number of aliphatic hydroxyl groups is 1. The van der Waals surface area contributed by atoms with Crippen LogP contribution in [0, 0.1) is 17.5 Å². The van der Waals surface area contributed by atoms with Crippen molar-refractivity contribution in [1.29, 1.82) is 0 Å². The third-order valence-electron chi connectivity index (χ3n) is 6.88. The van der Waals surface area contributed by atoms with Gasteiger partial charge in [-0.15, -0.1) is 0 Å². The minimum Gasteiger partial charge on any atom is -0.396 e. The van der Waals surface area contributed by atoms with Gasteiger partial charge in [-0.1, -0.05) is 66.7 Å². The fourth-order valence-corrected chi connectivity index (χ4v) is 4.87. The lowest BCUT2D eigenvalue weighted by molar-refractivity contribution is -0.117. The highest BCUT2D eigenvalue weighted by molar-refractivity contribution is 6.19. The summed E-state index contributed by atoms with van der Waals surface area (Å²) in [5.41, 5.74) is 3.88. The van der Waals surface area contributed by atoms with Crippen LogP contribution in [0.1, 0.15) is 34.1 Å². The average Bonchev–Trinajstić information content (AvgIpc) is 3.09. The quantitative estimate of drug-likeness (QED) is 0.287. The highest BCUT2D eigenvalue weighted by atomic mass is 19.2. The van der Waals surface area contributed by atoms with E-state index >= 15 is 0 Å². The number of nitrogens with zero attached hydrogens (tertiary/aromatic N) is 1. The van der Waals surface area contributed by atoms with Crippen LogP contribution in [0.2, 0.25) is 0 Å². The van der Waals surface area contributed by atoms with Crippen LogP contribution in [0.25, 0.3) is 0 Å². The fraction of sp³-hybridized carbons (Fsp3) is 0.161. The van der Waals surface area contributed by atoms with Gasteiger partial charge < -0.3 is 10.4 Å². The number of rotatable bonds is 8. The maximum absolute atomic E-state index is 14.1. The molecule has 1 aliphatic heterocycles. The Morgan fingerprint density at radius 1 is 0.821 bits per heavy atom. The van der Waals surface area contributed by atoms with Crippen LogP contribution < -0.4 is 10.6 Å². The third-order valence-corrected chi connectivity index (χ3v) is 6.88. The SMILES string of the molecule is O=C1Nc2ccccc2C(c2ccccc2)=N[C@@H]1NC[C@H](c1ccc(F)cc1)[C@@H](CO)c1ccc(F)c(F)c1.